The summed E-state index contributed by atoms with van der Waals surface area (Å²) < 4.78 is 5.14. The molecule has 82 valence electrons. The zero-order valence-electron chi connectivity index (χ0n) is 8.36. The molecule has 0 aromatic heterocycles. The second-order valence-electron chi connectivity index (χ2n) is 3.27. The van der Waals surface area contributed by atoms with Gasteiger partial charge in [-0.05, 0) is 6.42 Å². The van der Waals surface area contributed by atoms with E-state index in [1.54, 1.807) is 0 Å². The van der Waals surface area contributed by atoms with E-state index in [-0.39, 0.29) is 13.2 Å². The Hall–Kier alpha value is 0.924. The highest BCUT2D eigenvalue weighted by atomic mass is 30.0. The van der Waals surface area contributed by atoms with Crippen molar-refractivity contribution in [3.8, 4) is 0 Å². The molecule has 3 N–H and O–H groups in total. The smallest absolute Gasteiger partial charge is 0.162 e. The van der Waals surface area contributed by atoms with Gasteiger partial charge in [-0.2, -0.15) is 0 Å². The van der Waals surface area contributed by atoms with Crippen molar-refractivity contribution in [2.75, 3.05) is 19.8 Å². The summed E-state index contributed by atoms with van der Waals surface area (Å²) in [5, 5.41) is 17.5. The molecule has 9 heteroatoms. The van der Waals surface area contributed by atoms with Crippen LogP contribution in [0, 0.1) is 0 Å². The number of hydrogen-bond acceptors (Lipinski definition) is 4. The van der Waals surface area contributed by atoms with Crippen LogP contribution in [0.3, 0.4) is 0 Å². The minimum absolute atomic E-state index is 0.152. The van der Waals surface area contributed by atoms with Gasteiger partial charge in [0, 0.05) is 42.5 Å². The molecule has 4 nitrogen and oxygen atoms in total. The van der Waals surface area contributed by atoms with Crippen molar-refractivity contribution in [1.82, 2.24) is 0 Å². The number of aliphatic hydroxyl groups is 2. The number of aliphatic hydroxyl groups excluding tert-OH is 2. The van der Waals surface area contributed by atoms with Crippen molar-refractivity contribution in [3.05, 3.63) is 0 Å². The van der Waals surface area contributed by atoms with E-state index in [0.29, 0.717) is 6.61 Å². The first-order valence-corrected chi connectivity index (χ1v) is 13.7. The molecule has 0 bridgehead atoms. The summed E-state index contributed by atoms with van der Waals surface area (Å²) >= 11 is 0. The first kappa shape index (κ1) is 15.9. The maximum Gasteiger partial charge on any atom is 0.162 e. The molecule has 0 aliphatic rings. The van der Waals surface area contributed by atoms with Crippen LogP contribution < -0.4 is 0 Å². The molecule has 0 amide bonds. The zero-order valence-corrected chi connectivity index (χ0v) is 13.4. The van der Waals surface area contributed by atoms with Gasteiger partial charge in [-0.1, -0.05) is 6.04 Å². The van der Waals surface area contributed by atoms with Gasteiger partial charge in [-0.3, -0.25) is 0 Å². The topological polar surface area (TPSA) is 69.9 Å². The van der Waals surface area contributed by atoms with Gasteiger partial charge in [0.25, 0.3) is 0 Å². The van der Waals surface area contributed by atoms with Crippen LogP contribution in [-0.4, -0.2) is 84.9 Å². The number of hydrogen-bond donors (Lipinski definition) is 3. The van der Waals surface area contributed by atoms with Gasteiger partial charge >= 0.3 is 0 Å². The van der Waals surface area contributed by atoms with E-state index in [9.17, 15) is 4.80 Å². The van der Waals surface area contributed by atoms with E-state index >= 15 is 0 Å². The average Bonchev–Trinajstić information content (AvgIpc) is 2.16. The van der Waals surface area contributed by atoms with Crippen LogP contribution in [0.5, 0.6) is 0 Å². The SMILES string of the molecule is OCC(O)COCCC[Si]([Si])([Si])[Si](O)[Si]. The Morgan fingerprint density at radius 2 is 2.00 bits per heavy atom. The van der Waals surface area contributed by atoms with Crippen molar-refractivity contribution in [3.63, 3.8) is 0 Å². The fourth-order valence-electron chi connectivity index (χ4n) is 0.830. The Balaban J connectivity index is 3.46. The summed E-state index contributed by atoms with van der Waals surface area (Å²) in [6, 6.07) is 0.838. The first-order valence-electron chi connectivity index (χ1n) is 4.55. The van der Waals surface area contributed by atoms with Crippen molar-refractivity contribution in [1.29, 1.82) is 0 Å². The number of rotatable bonds is 8. The lowest BCUT2D eigenvalue weighted by molar-refractivity contribution is 0.00652. The molecular formula is C6H14O4Si5. The van der Waals surface area contributed by atoms with Gasteiger partial charge < -0.3 is 19.7 Å². The Morgan fingerprint density at radius 3 is 2.47 bits per heavy atom. The third-order valence-electron chi connectivity index (χ3n) is 1.77. The third-order valence-corrected chi connectivity index (χ3v) is 21.0. The van der Waals surface area contributed by atoms with Crippen LogP contribution in [0.15, 0.2) is 0 Å². The van der Waals surface area contributed by atoms with Gasteiger partial charge in [0.05, 0.1) is 13.2 Å². The van der Waals surface area contributed by atoms with Crippen LogP contribution in [0.2, 0.25) is 6.04 Å². The van der Waals surface area contributed by atoms with Gasteiger partial charge in [0.2, 0.25) is 0 Å². The van der Waals surface area contributed by atoms with Crippen LogP contribution in [0.25, 0.3) is 0 Å². The Labute approximate surface area is 102 Å². The molecule has 0 spiro atoms. The quantitative estimate of drug-likeness (QED) is 0.335. The van der Waals surface area contributed by atoms with E-state index in [4.69, 9.17) is 14.9 Å². The largest absolute Gasteiger partial charge is 0.439 e. The second-order valence-corrected chi connectivity index (χ2v) is 22.8. The molecule has 0 aromatic rings. The fraction of sp³-hybridized carbons (Fsp3) is 1.00. The monoisotopic (exact) mass is 290 g/mol. The minimum atomic E-state index is -1.88. The maximum atomic E-state index is 9.43. The van der Waals surface area contributed by atoms with Crippen molar-refractivity contribution in [2.24, 2.45) is 0 Å². The molecule has 1 atom stereocenters. The van der Waals surface area contributed by atoms with Gasteiger partial charge in [0.1, 0.15) is 6.10 Å². The van der Waals surface area contributed by atoms with Crippen molar-refractivity contribution >= 4 is 44.0 Å². The molecule has 0 aliphatic carbocycles. The zero-order chi connectivity index (χ0) is 11.9. The van der Waals surface area contributed by atoms with Gasteiger partial charge in [-0.25, -0.2) is 0 Å². The average molecular weight is 291 g/mol. The molecule has 0 fully saturated rings. The van der Waals surface area contributed by atoms with Gasteiger partial charge in [-0.15, -0.1) is 0 Å². The summed E-state index contributed by atoms with van der Waals surface area (Å²) in [6.45, 7) is -1.49. The Bertz CT molecular complexity index is 168. The predicted molar refractivity (Wildman–Crippen MR) is 64.3 cm³/mol. The summed E-state index contributed by atoms with van der Waals surface area (Å²) in [7, 11) is 8.86. The summed E-state index contributed by atoms with van der Waals surface area (Å²) in [6.07, 6.45) is 0.00334. The Morgan fingerprint density at radius 1 is 1.40 bits per heavy atom. The van der Waals surface area contributed by atoms with E-state index in [2.05, 4.69) is 29.3 Å². The van der Waals surface area contributed by atoms with E-state index in [0.717, 1.165) is 12.5 Å². The van der Waals surface area contributed by atoms with Crippen LogP contribution in [0.4, 0.5) is 0 Å². The summed E-state index contributed by atoms with van der Waals surface area (Å²) in [5.74, 6) is 0. The van der Waals surface area contributed by atoms with Crippen LogP contribution in [0.1, 0.15) is 6.42 Å². The molecule has 15 heavy (non-hydrogen) atoms. The molecule has 0 saturated carbocycles. The van der Waals surface area contributed by atoms with E-state index in [1.165, 1.54) is 0 Å². The highest BCUT2D eigenvalue weighted by Gasteiger charge is 2.28. The molecule has 0 aromatic carbocycles. The lowest BCUT2D eigenvalue weighted by atomic mass is 10.4. The first-order chi connectivity index (χ1) is 6.90. The number of ether oxygens (including phenoxy) is 1. The molecule has 0 rings (SSSR count). The molecule has 1 unspecified atom stereocenters. The highest BCUT2D eigenvalue weighted by molar-refractivity contribution is 7.73. The van der Waals surface area contributed by atoms with E-state index in [1.807, 2.05) is 0 Å². The lowest BCUT2D eigenvalue weighted by Crippen LogP contribution is -2.54. The lowest BCUT2D eigenvalue weighted by Gasteiger charge is -2.23. The molecule has 0 saturated heterocycles. The summed E-state index contributed by atoms with van der Waals surface area (Å²) in [5.41, 5.74) is 0. The van der Waals surface area contributed by atoms with Crippen molar-refractivity contribution in [2.45, 2.75) is 18.6 Å². The minimum Gasteiger partial charge on any atom is -0.439 e. The van der Waals surface area contributed by atoms with Crippen molar-refractivity contribution < 1.29 is 19.7 Å². The van der Waals surface area contributed by atoms with E-state index < -0.39 is 20.8 Å². The molecular weight excluding hydrogens is 276 g/mol. The molecule has 0 aliphatic heterocycles. The molecule has 10 radical (unpaired) electrons. The van der Waals surface area contributed by atoms with Crippen LogP contribution >= 0.6 is 0 Å². The fourth-order valence-corrected chi connectivity index (χ4v) is 5.17. The third kappa shape index (κ3) is 7.76. The summed E-state index contributed by atoms with van der Waals surface area (Å²) in [4.78, 5) is 9.43. The second kappa shape index (κ2) is 8.08. The molecule has 0 heterocycles. The standard InChI is InChI=1S/C6H14O4Si5/c7-4-6(8)5-10-2-1-3-15(12,13)14(9)11/h6-9H,1-5H2. The normalized spacial score (nSPS) is 14.6. The van der Waals surface area contributed by atoms with Crippen LogP contribution in [-0.2, 0) is 4.74 Å². The Kier molecular flexibility index (Phi) is 8.58. The maximum absolute atomic E-state index is 9.43. The van der Waals surface area contributed by atoms with Gasteiger partial charge in [0.15, 0.2) is 8.08 Å². The predicted octanol–water partition coefficient (Wildman–Crippen LogP) is -2.75. The highest BCUT2D eigenvalue weighted by Crippen LogP contribution is 2.05.